The van der Waals surface area contributed by atoms with E-state index in [1.54, 1.807) is 10.8 Å². The zero-order chi connectivity index (χ0) is 15.0. The fraction of sp³-hybridized carbons (Fsp3) is 0.583. The number of cyclic esters (lactones) is 1. The first-order chi connectivity index (χ1) is 9.47. The highest BCUT2D eigenvalue weighted by molar-refractivity contribution is 8.41. The van der Waals surface area contributed by atoms with E-state index in [4.69, 9.17) is 0 Å². The number of carbonyl (C=O) groups is 2. The molecule has 1 aromatic heterocycles. The first kappa shape index (κ1) is 27.7. The molecule has 0 amide bonds. The number of hydrogen-bond donors (Lipinski definition) is 0. The largest absolute Gasteiger partial charge is 0.453 e. The Hall–Kier alpha value is -0.100. The molecule has 2 atom stereocenters. The molecule has 4 nitrogen and oxygen atoms in total. The third-order valence-electron chi connectivity index (χ3n) is 1.50. The molecule has 1 aromatic rings. The summed E-state index contributed by atoms with van der Waals surface area (Å²) in [5, 5.41) is 3.06. The van der Waals surface area contributed by atoms with Crippen LogP contribution in [0.5, 0.6) is 0 Å². The Bertz CT molecular complexity index is 453. The molecule has 2 fully saturated rings. The number of carbonyl (C=O) groups excluding carboxylic acids is 2. The van der Waals surface area contributed by atoms with Gasteiger partial charge in [0.2, 0.25) is 4.45 Å². The van der Waals surface area contributed by atoms with Gasteiger partial charge < -0.3 is 4.74 Å². The van der Waals surface area contributed by atoms with E-state index in [-0.39, 0.29) is 37.4 Å². The molecule has 2 aliphatic rings. The summed E-state index contributed by atoms with van der Waals surface area (Å²) in [6, 6.07) is 0. The standard InChI is InChI=1S/C3H3FO2S.C3H3FOS2.C3H2OS2.3CH4/c2*4-2-1-6-3(5)7-2;4-3-5-1-2-6-3;;;/h2*2H,1H2;1-2H;3*1H4. The molecule has 0 aliphatic carbocycles. The Morgan fingerprint density at radius 2 is 1.52 bits per heavy atom. The molecule has 11 heteroatoms. The van der Waals surface area contributed by atoms with E-state index in [9.17, 15) is 23.2 Å². The summed E-state index contributed by atoms with van der Waals surface area (Å²) in [6.07, 6.45) is 0. The van der Waals surface area contributed by atoms with Crippen molar-refractivity contribution in [2.24, 2.45) is 0 Å². The van der Waals surface area contributed by atoms with Gasteiger partial charge in [-0.05, 0) is 23.5 Å². The van der Waals surface area contributed by atoms with Crippen LogP contribution in [-0.2, 0) is 4.74 Å². The summed E-state index contributed by atoms with van der Waals surface area (Å²) in [5.74, 6) is 0.337. The predicted molar refractivity (Wildman–Crippen MR) is 103 cm³/mol. The van der Waals surface area contributed by atoms with Crippen LogP contribution in [0.15, 0.2) is 15.6 Å². The molecule has 3 rings (SSSR count). The van der Waals surface area contributed by atoms with Gasteiger partial charge in [0.15, 0.2) is 11.0 Å². The van der Waals surface area contributed by atoms with Gasteiger partial charge in [-0.15, -0.1) is 0 Å². The maximum atomic E-state index is 11.9. The fourth-order valence-corrected chi connectivity index (χ4v) is 4.25. The van der Waals surface area contributed by atoms with Gasteiger partial charge in [0.1, 0.15) is 6.61 Å². The number of hydrogen-bond acceptors (Lipinski definition) is 9. The lowest BCUT2D eigenvalue weighted by molar-refractivity contribution is 0.171. The van der Waals surface area contributed by atoms with Crippen molar-refractivity contribution in [1.29, 1.82) is 0 Å². The molecule has 2 unspecified atom stereocenters. The molecular weight excluding hydrogens is 406 g/mol. The van der Waals surface area contributed by atoms with Crippen molar-refractivity contribution in [2.75, 3.05) is 12.4 Å². The van der Waals surface area contributed by atoms with Crippen molar-refractivity contribution in [3.63, 3.8) is 0 Å². The zero-order valence-corrected chi connectivity index (χ0v) is 13.7. The molecule has 0 spiro atoms. The number of rotatable bonds is 0. The summed E-state index contributed by atoms with van der Waals surface area (Å²) in [5.41, 5.74) is -2.08. The maximum absolute atomic E-state index is 11.9. The molecule has 2 saturated heterocycles. The van der Waals surface area contributed by atoms with E-state index in [2.05, 4.69) is 4.74 Å². The number of halogens is 2. The first-order valence-electron chi connectivity index (χ1n) is 4.94. The van der Waals surface area contributed by atoms with Gasteiger partial charge in [-0.1, -0.05) is 56.7 Å². The van der Waals surface area contributed by atoms with Crippen LogP contribution in [0.1, 0.15) is 22.3 Å². The second-order valence-electron chi connectivity index (χ2n) is 2.94. The Morgan fingerprint density at radius 1 is 0.957 bits per heavy atom. The quantitative estimate of drug-likeness (QED) is 0.463. The van der Waals surface area contributed by atoms with Gasteiger partial charge in [0.05, 0.1) is 0 Å². The summed E-state index contributed by atoms with van der Waals surface area (Å²) < 4.78 is 28.0. The number of thioether (sulfide) groups is 3. The van der Waals surface area contributed by atoms with Gasteiger partial charge in [0.25, 0.3) is 4.06 Å². The van der Waals surface area contributed by atoms with Crippen LogP contribution in [0.2, 0.25) is 0 Å². The van der Waals surface area contributed by atoms with Crippen molar-refractivity contribution in [1.82, 2.24) is 0 Å². The van der Waals surface area contributed by atoms with Gasteiger partial charge in [-0.2, -0.15) is 0 Å². The highest BCUT2D eigenvalue weighted by Crippen LogP contribution is 2.32. The van der Waals surface area contributed by atoms with Gasteiger partial charge in [-0.3, -0.25) is 9.59 Å². The van der Waals surface area contributed by atoms with E-state index in [1.807, 2.05) is 0 Å². The summed E-state index contributed by atoms with van der Waals surface area (Å²) >= 11 is 4.91. The van der Waals surface area contributed by atoms with Crippen LogP contribution in [-0.4, -0.2) is 33.1 Å². The molecule has 136 valence electrons. The van der Waals surface area contributed by atoms with Crippen molar-refractivity contribution in [3.05, 3.63) is 19.6 Å². The normalized spacial score (nSPS) is 21.1. The van der Waals surface area contributed by atoms with Gasteiger partial charge >= 0.3 is 5.30 Å². The second-order valence-corrected chi connectivity index (χ2v) is 8.40. The Balaban J connectivity index is -0.000000246. The second kappa shape index (κ2) is 15.4. The Labute approximate surface area is 155 Å². The molecule has 0 saturated carbocycles. The highest BCUT2D eigenvalue weighted by Gasteiger charge is 2.23. The van der Waals surface area contributed by atoms with Crippen LogP contribution >= 0.6 is 58.0 Å². The summed E-state index contributed by atoms with van der Waals surface area (Å²) in [4.78, 5) is 30.2. The lowest BCUT2D eigenvalue weighted by atomic mass is 10.8. The molecule has 3 heterocycles. The van der Waals surface area contributed by atoms with Crippen molar-refractivity contribution >= 4 is 67.7 Å². The van der Waals surface area contributed by atoms with Crippen molar-refractivity contribution in [3.8, 4) is 0 Å². The third-order valence-corrected chi connectivity index (χ3v) is 6.04. The predicted octanol–water partition coefficient (Wildman–Crippen LogP) is 6.13. The number of ether oxygens (including phenoxy) is 1. The van der Waals surface area contributed by atoms with Gasteiger partial charge in [0, 0.05) is 16.5 Å². The molecule has 2 aliphatic heterocycles. The smallest absolute Gasteiger partial charge is 0.370 e. The van der Waals surface area contributed by atoms with Gasteiger partial charge in [-0.25, -0.2) is 13.6 Å². The minimum absolute atomic E-state index is 0. The summed E-state index contributed by atoms with van der Waals surface area (Å²) in [7, 11) is 0. The van der Waals surface area contributed by atoms with Crippen LogP contribution in [0.25, 0.3) is 0 Å². The highest BCUT2D eigenvalue weighted by atomic mass is 32.2. The van der Waals surface area contributed by atoms with Crippen LogP contribution in [0.3, 0.4) is 0 Å². The molecule has 23 heavy (non-hydrogen) atoms. The maximum Gasteiger partial charge on any atom is 0.370 e. The zero-order valence-electron chi connectivity index (χ0n) is 9.65. The lowest BCUT2D eigenvalue weighted by Crippen LogP contribution is -1.91. The van der Waals surface area contributed by atoms with E-state index >= 15 is 0 Å². The van der Waals surface area contributed by atoms with E-state index in [0.29, 0.717) is 17.5 Å². The Morgan fingerprint density at radius 3 is 1.65 bits per heavy atom. The fourth-order valence-electron chi connectivity index (χ4n) is 0.806. The SMILES string of the molecule is C.C.C.O=C1OCC(F)S1.O=C1SCC(F)S1.O=c1sccs1. The molecule has 0 N–H and O–H groups in total. The Kier molecular flexibility index (Phi) is 18.6. The van der Waals surface area contributed by atoms with E-state index in [1.165, 1.54) is 22.7 Å². The van der Waals surface area contributed by atoms with E-state index < -0.39 is 16.3 Å². The number of alkyl halides is 2. The van der Waals surface area contributed by atoms with Crippen LogP contribution < -0.4 is 4.06 Å². The molecule has 0 radical (unpaired) electrons. The monoisotopic (exact) mass is 426 g/mol. The minimum atomic E-state index is -1.13. The average Bonchev–Trinajstić information content (AvgIpc) is 3.07. The molecular formula is C12H20F2O4S5. The summed E-state index contributed by atoms with van der Waals surface area (Å²) in [6.45, 7) is -0.0799. The molecule has 0 bridgehead atoms. The van der Waals surface area contributed by atoms with Crippen molar-refractivity contribution in [2.45, 2.75) is 33.3 Å². The minimum Gasteiger partial charge on any atom is -0.453 e. The van der Waals surface area contributed by atoms with Crippen LogP contribution in [0, 0.1) is 0 Å². The average molecular weight is 427 g/mol. The third kappa shape index (κ3) is 14.0. The first-order valence-corrected chi connectivity index (χ1v) is 9.45. The van der Waals surface area contributed by atoms with E-state index in [0.717, 1.165) is 23.5 Å². The van der Waals surface area contributed by atoms with Crippen LogP contribution in [0.4, 0.5) is 18.4 Å². The topological polar surface area (TPSA) is 60.4 Å². The van der Waals surface area contributed by atoms with Crippen molar-refractivity contribution < 1.29 is 23.1 Å². The lowest BCUT2D eigenvalue weighted by Gasteiger charge is -1.83. The molecule has 0 aromatic carbocycles.